The van der Waals surface area contributed by atoms with Gasteiger partial charge in [-0.2, -0.15) is 0 Å². The Morgan fingerprint density at radius 3 is 1.83 bits per heavy atom. The number of methoxy groups -OCH3 is 1. The summed E-state index contributed by atoms with van der Waals surface area (Å²) in [7, 11) is 1.43. The number of hydrogen-bond donors (Lipinski definition) is 1. The minimum Gasteiger partial charge on any atom is -0.508 e. The van der Waals surface area contributed by atoms with Gasteiger partial charge in [-0.05, 0) is 44.0 Å². The van der Waals surface area contributed by atoms with E-state index in [2.05, 4.69) is 31.9 Å². The van der Waals surface area contributed by atoms with Crippen LogP contribution in [0.4, 0.5) is 8.78 Å². The van der Waals surface area contributed by atoms with E-state index in [-0.39, 0.29) is 21.3 Å². The fraction of sp³-hybridized carbons (Fsp3) is 0.0667. The maximum atomic E-state index is 13.0. The maximum absolute atomic E-state index is 13.0. The van der Waals surface area contributed by atoms with Crippen molar-refractivity contribution in [2.45, 2.75) is 0 Å². The minimum atomic E-state index is -0.730. The van der Waals surface area contributed by atoms with Gasteiger partial charge in [-0.1, -0.05) is 0 Å². The third-order valence-corrected chi connectivity index (χ3v) is 3.90. The topological polar surface area (TPSA) is 63.6 Å². The molecule has 4 nitrogen and oxygen atoms in total. The predicted molar refractivity (Wildman–Crippen MR) is 87.2 cm³/mol. The zero-order chi connectivity index (χ0) is 17.6. The first-order chi connectivity index (χ1) is 10.8. The number of halogens is 4. The number of ether oxygens (including phenoxy) is 1. The first kappa shape index (κ1) is 19.2. The van der Waals surface area contributed by atoms with Crippen molar-refractivity contribution < 1.29 is 28.2 Å². The fourth-order valence-electron chi connectivity index (χ4n) is 1.47. The van der Waals surface area contributed by atoms with Gasteiger partial charge >= 0.3 is 0 Å². The molecule has 2 rings (SSSR count). The number of hydrogen-bond acceptors (Lipinski definition) is 4. The van der Waals surface area contributed by atoms with Crippen molar-refractivity contribution in [3.05, 3.63) is 56.0 Å². The molecule has 0 bridgehead atoms. The Labute approximate surface area is 147 Å². The van der Waals surface area contributed by atoms with Gasteiger partial charge in [0, 0.05) is 21.1 Å². The van der Waals surface area contributed by atoms with Crippen LogP contribution in [-0.4, -0.2) is 24.8 Å². The van der Waals surface area contributed by atoms with Gasteiger partial charge in [0.15, 0.2) is 12.6 Å². The standard InChI is InChI=1S/C8H6BrFO2.C7H4BrFO2/c1-12-5-2-7(9)6(4-11)8(10)3-5;8-6-1-4(11)2-7(9)5(6)3-10/h2-4H,1H3;1-3,11H. The second-order valence-electron chi connectivity index (χ2n) is 4.06. The van der Waals surface area contributed by atoms with Crippen LogP contribution in [0, 0.1) is 11.6 Å². The zero-order valence-electron chi connectivity index (χ0n) is 11.6. The normalized spacial score (nSPS) is 9.61. The van der Waals surface area contributed by atoms with E-state index < -0.39 is 11.6 Å². The third-order valence-electron chi connectivity index (χ3n) is 2.59. The molecule has 0 aliphatic rings. The van der Waals surface area contributed by atoms with Crippen molar-refractivity contribution >= 4 is 44.4 Å². The summed E-state index contributed by atoms with van der Waals surface area (Å²) in [4.78, 5) is 20.5. The van der Waals surface area contributed by atoms with Crippen molar-refractivity contribution in [3.63, 3.8) is 0 Å². The lowest BCUT2D eigenvalue weighted by molar-refractivity contribution is 0.111. The van der Waals surface area contributed by atoms with Gasteiger partial charge in [0.25, 0.3) is 0 Å². The zero-order valence-corrected chi connectivity index (χ0v) is 14.8. The van der Waals surface area contributed by atoms with Crippen molar-refractivity contribution in [2.24, 2.45) is 0 Å². The molecule has 0 aliphatic carbocycles. The summed E-state index contributed by atoms with van der Waals surface area (Å²) in [5.41, 5.74) is -0.0707. The van der Waals surface area contributed by atoms with Crippen LogP contribution in [0.1, 0.15) is 20.7 Å². The van der Waals surface area contributed by atoms with Crippen molar-refractivity contribution in [1.82, 2.24) is 0 Å². The van der Waals surface area contributed by atoms with Crippen molar-refractivity contribution in [1.29, 1.82) is 0 Å². The van der Waals surface area contributed by atoms with Crippen molar-refractivity contribution in [3.8, 4) is 11.5 Å². The lowest BCUT2D eigenvalue weighted by Crippen LogP contribution is -1.92. The van der Waals surface area contributed by atoms with Crippen LogP contribution in [0.25, 0.3) is 0 Å². The molecular weight excluding hydrogens is 442 g/mol. The number of aldehydes is 2. The summed E-state index contributed by atoms with van der Waals surface area (Å²) in [5.74, 6) is -1.15. The molecule has 0 saturated carbocycles. The molecule has 2 aromatic carbocycles. The Hall–Kier alpha value is -1.80. The van der Waals surface area contributed by atoms with E-state index >= 15 is 0 Å². The molecule has 8 heteroatoms. The van der Waals surface area contributed by atoms with Crippen LogP contribution < -0.4 is 4.74 Å². The van der Waals surface area contributed by atoms with E-state index in [9.17, 15) is 18.4 Å². The molecule has 0 atom stereocenters. The number of phenolic OH excluding ortho intramolecular Hbond substituents is 1. The molecule has 0 aromatic heterocycles. The highest BCUT2D eigenvalue weighted by atomic mass is 79.9. The molecule has 0 spiro atoms. The predicted octanol–water partition coefficient (Wildman–Crippen LogP) is 4.52. The van der Waals surface area contributed by atoms with E-state index in [1.165, 1.54) is 19.2 Å². The van der Waals surface area contributed by atoms with Crippen LogP contribution in [0.3, 0.4) is 0 Å². The van der Waals surface area contributed by atoms with Gasteiger partial charge in [0.05, 0.1) is 18.2 Å². The van der Waals surface area contributed by atoms with Gasteiger partial charge < -0.3 is 9.84 Å². The Kier molecular flexibility index (Phi) is 7.31. The maximum Gasteiger partial charge on any atom is 0.154 e. The number of benzene rings is 2. The summed E-state index contributed by atoms with van der Waals surface area (Å²) in [6.07, 6.45) is 0.845. The molecule has 0 radical (unpaired) electrons. The number of rotatable bonds is 3. The van der Waals surface area contributed by atoms with E-state index in [0.717, 1.165) is 12.1 Å². The largest absolute Gasteiger partial charge is 0.508 e. The summed E-state index contributed by atoms with van der Waals surface area (Å²) >= 11 is 5.97. The smallest absolute Gasteiger partial charge is 0.154 e. The first-order valence-corrected chi connectivity index (χ1v) is 7.54. The average molecular weight is 452 g/mol. The van der Waals surface area contributed by atoms with Gasteiger partial charge in [0.1, 0.15) is 23.1 Å². The number of aromatic hydroxyl groups is 1. The Morgan fingerprint density at radius 1 is 0.957 bits per heavy atom. The van der Waals surface area contributed by atoms with E-state index in [1.54, 1.807) is 0 Å². The molecular formula is C15H10Br2F2O4. The third kappa shape index (κ3) is 5.11. The Bertz CT molecular complexity index is 689. The SMILES string of the molecule is COc1cc(F)c(C=O)c(Br)c1.O=Cc1c(F)cc(O)cc1Br. The quantitative estimate of drug-likeness (QED) is 0.697. The van der Waals surface area contributed by atoms with Crippen LogP contribution in [0.15, 0.2) is 33.2 Å². The lowest BCUT2D eigenvalue weighted by atomic mass is 10.2. The van der Waals surface area contributed by atoms with Gasteiger partial charge in [-0.25, -0.2) is 8.78 Å². The van der Waals surface area contributed by atoms with Crippen molar-refractivity contribution in [2.75, 3.05) is 7.11 Å². The van der Waals surface area contributed by atoms with E-state index in [1.807, 2.05) is 0 Å². The summed E-state index contributed by atoms with van der Waals surface area (Å²) in [6, 6.07) is 4.84. The first-order valence-electron chi connectivity index (χ1n) is 5.95. The number of phenols is 1. The molecule has 2 aromatic rings. The molecule has 0 amide bonds. The van der Waals surface area contributed by atoms with Crippen LogP contribution in [0.5, 0.6) is 11.5 Å². The van der Waals surface area contributed by atoms with Crippen LogP contribution in [0.2, 0.25) is 0 Å². The molecule has 0 unspecified atom stereocenters. The second kappa shape index (κ2) is 8.73. The van der Waals surface area contributed by atoms with Gasteiger partial charge in [-0.15, -0.1) is 0 Å². The van der Waals surface area contributed by atoms with Gasteiger partial charge in [-0.3, -0.25) is 9.59 Å². The highest BCUT2D eigenvalue weighted by Gasteiger charge is 2.08. The Morgan fingerprint density at radius 2 is 1.43 bits per heavy atom. The highest BCUT2D eigenvalue weighted by Crippen LogP contribution is 2.25. The molecule has 122 valence electrons. The molecule has 0 fully saturated rings. The summed E-state index contributed by atoms with van der Waals surface area (Å²) in [5, 5.41) is 8.83. The lowest BCUT2D eigenvalue weighted by Gasteiger charge is -2.02. The van der Waals surface area contributed by atoms with E-state index in [4.69, 9.17) is 9.84 Å². The molecule has 0 saturated heterocycles. The second-order valence-corrected chi connectivity index (χ2v) is 5.77. The van der Waals surface area contributed by atoms with Gasteiger partial charge in [0.2, 0.25) is 0 Å². The van der Waals surface area contributed by atoms with E-state index in [0.29, 0.717) is 22.8 Å². The summed E-state index contributed by atoms with van der Waals surface area (Å²) in [6.45, 7) is 0. The molecule has 1 N–H and O–H groups in total. The Balaban J connectivity index is 0.000000231. The minimum absolute atomic E-state index is 0.0100. The summed E-state index contributed by atoms with van der Waals surface area (Å²) < 4.78 is 31.1. The fourth-order valence-corrected chi connectivity index (χ4v) is 2.50. The average Bonchev–Trinajstić information content (AvgIpc) is 2.47. The monoisotopic (exact) mass is 450 g/mol. The highest BCUT2D eigenvalue weighted by molar-refractivity contribution is 9.10. The molecule has 23 heavy (non-hydrogen) atoms. The molecule has 0 aliphatic heterocycles. The van der Waals surface area contributed by atoms with Crippen LogP contribution in [-0.2, 0) is 0 Å². The number of carbonyl (C=O) groups is 2. The number of carbonyl (C=O) groups excluding carboxylic acids is 2. The molecule has 0 heterocycles. The van der Waals surface area contributed by atoms with Crippen LogP contribution >= 0.6 is 31.9 Å².